The highest BCUT2D eigenvalue weighted by Crippen LogP contribution is 2.29. The molecule has 0 amide bonds. The number of nitrogens with one attached hydrogen (secondary N) is 1. The van der Waals surface area contributed by atoms with Crippen molar-refractivity contribution in [2.45, 2.75) is 18.7 Å². The lowest BCUT2D eigenvalue weighted by atomic mass is 10.2. The molecule has 31 heavy (non-hydrogen) atoms. The molecule has 9 heteroatoms. The number of anilines is 2. The summed E-state index contributed by atoms with van der Waals surface area (Å²) in [5.74, 6) is -0.0397. The number of hydrogen-bond donors (Lipinski definition) is 1. The van der Waals surface area contributed by atoms with E-state index in [4.69, 9.17) is 4.74 Å². The first-order valence-electron chi connectivity index (χ1n) is 9.41. The third kappa shape index (κ3) is 6.08. The van der Waals surface area contributed by atoms with Crippen LogP contribution in [-0.4, -0.2) is 33.6 Å². The summed E-state index contributed by atoms with van der Waals surface area (Å²) in [5.41, 5.74) is 2.71. The van der Waals surface area contributed by atoms with Gasteiger partial charge in [-0.3, -0.25) is 9.29 Å². The van der Waals surface area contributed by atoms with Gasteiger partial charge in [0.2, 0.25) is 0 Å². The first-order valence-corrected chi connectivity index (χ1v) is 10.8. The van der Waals surface area contributed by atoms with Crippen molar-refractivity contribution in [2.75, 3.05) is 29.8 Å². The largest absolute Gasteiger partial charge is 0.492 e. The summed E-state index contributed by atoms with van der Waals surface area (Å²) in [6, 6.07) is 12.7. The Hall–Kier alpha value is -2.84. The van der Waals surface area contributed by atoms with Gasteiger partial charge in [-0.15, -0.1) is 12.4 Å². The lowest BCUT2D eigenvalue weighted by molar-refractivity contribution is 0.333. The van der Waals surface area contributed by atoms with Gasteiger partial charge in [-0.25, -0.2) is 12.8 Å². The highest BCUT2D eigenvalue weighted by molar-refractivity contribution is 7.92. The summed E-state index contributed by atoms with van der Waals surface area (Å²) in [4.78, 5) is 3.90. The molecular weight excluding hydrogens is 441 g/mol. The molecule has 3 aromatic rings. The molecule has 0 saturated heterocycles. The number of nitrogens with zero attached hydrogens (tertiary/aromatic N) is 2. The topological polar surface area (TPSA) is 71.5 Å². The Morgan fingerprint density at radius 3 is 2.48 bits per heavy atom. The van der Waals surface area contributed by atoms with Crippen LogP contribution in [0, 0.1) is 19.7 Å². The molecule has 0 aliphatic rings. The van der Waals surface area contributed by atoms with Crippen LogP contribution < -0.4 is 14.4 Å². The van der Waals surface area contributed by atoms with E-state index in [-0.39, 0.29) is 17.3 Å². The summed E-state index contributed by atoms with van der Waals surface area (Å²) in [6.45, 7) is 4.47. The molecule has 0 atom stereocenters. The Labute approximate surface area is 188 Å². The van der Waals surface area contributed by atoms with Crippen molar-refractivity contribution in [3.05, 3.63) is 77.9 Å². The van der Waals surface area contributed by atoms with Crippen molar-refractivity contribution >= 4 is 33.8 Å². The highest BCUT2D eigenvalue weighted by Gasteiger charge is 2.24. The van der Waals surface area contributed by atoms with Crippen LogP contribution in [0.2, 0.25) is 0 Å². The summed E-state index contributed by atoms with van der Waals surface area (Å²) >= 11 is 0. The van der Waals surface area contributed by atoms with Crippen LogP contribution >= 0.6 is 12.4 Å². The minimum absolute atomic E-state index is 0. The van der Waals surface area contributed by atoms with E-state index in [9.17, 15) is 12.8 Å². The van der Waals surface area contributed by atoms with E-state index in [1.165, 1.54) is 19.2 Å². The summed E-state index contributed by atoms with van der Waals surface area (Å²) in [5, 5.41) is 3.22. The molecule has 0 fully saturated rings. The standard InChI is InChI=1S/C22H24FN3O3S.ClH/c1-16-12-20(26(3)30(27,28)22-14-18(23)5-4-17(22)2)15-21(13-16)29-11-10-25-19-6-8-24-9-7-19;/h4-9,12-15H,10-11H2,1-3H3,(H,24,25);1H. The zero-order valence-electron chi connectivity index (χ0n) is 17.5. The van der Waals surface area contributed by atoms with Gasteiger partial charge in [0, 0.05) is 37.7 Å². The Balaban J connectivity index is 0.00000341. The number of halogens is 2. The van der Waals surface area contributed by atoms with Crippen molar-refractivity contribution in [1.82, 2.24) is 4.98 Å². The van der Waals surface area contributed by atoms with E-state index in [0.29, 0.717) is 30.2 Å². The molecular formula is C22H25ClFN3O3S. The summed E-state index contributed by atoms with van der Waals surface area (Å²) in [6.07, 6.45) is 3.40. The number of benzene rings is 2. The molecule has 6 nitrogen and oxygen atoms in total. The average Bonchev–Trinajstić information content (AvgIpc) is 2.72. The Morgan fingerprint density at radius 2 is 1.77 bits per heavy atom. The van der Waals surface area contributed by atoms with Gasteiger partial charge >= 0.3 is 0 Å². The van der Waals surface area contributed by atoms with Crippen LogP contribution in [0.4, 0.5) is 15.8 Å². The molecule has 166 valence electrons. The molecule has 0 aliphatic carbocycles. The molecule has 1 N–H and O–H groups in total. The minimum Gasteiger partial charge on any atom is -0.492 e. The maximum atomic E-state index is 13.7. The van der Waals surface area contributed by atoms with Gasteiger partial charge in [-0.2, -0.15) is 0 Å². The lowest BCUT2D eigenvalue weighted by Crippen LogP contribution is -2.27. The van der Waals surface area contributed by atoms with Gasteiger partial charge in [0.25, 0.3) is 10.0 Å². The Bertz CT molecular complexity index is 1130. The van der Waals surface area contributed by atoms with E-state index in [0.717, 1.165) is 21.6 Å². The predicted octanol–water partition coefficient (Wildman–Crippen LogP) is 4.58. The van der Waals surface area contributed by atoms with Gasteiger partial charge in [0.15, 0.2) is 0 Å². The van der Waals surface area contributed by atoms with Crippen LogP contribution in [0.15, 0.2) is 65.8 Å². The summed E-state index contributed by atoms with van der Waals surface area (Å²) < 4.78 is 46.7. The van der Waals surface area contributed by atoms with E-state index in [1.807, 2.05) is 25.1 Å². The maximum absolute atomic E-state index is 13.7. The molecule has 3 rings (SSSR count). The van der Waals surface area contributed by atoms with Crippen molar-refractivity contribution < 1.29 is 17.5 Å². The zero-order chi connectivity index (χ0) is 21.7. The number of hydrogen-bond acceptors (Lipinski definition) is 5. The van der Waals surface area contributed by atoms with E-state index in [2.05, 4.69) is 10.3 Å². The SMILES string of the molecule is Cc1cc(OCCNc2ccncc2)cc(N(C)S(=O)(=O)c2cc(F)ccc2C)c1.Cl. The normalized spacial score (nSPS) is 10.8. The first-order chi connectivity index (χ1) is 14.3. The van der Waals surface area contributed by atoms with Crippen LogP contribution in [0.3, 0.4) is 0 Å². The molecule has 2 aromatic carbocycles. The molecule has 0 radical (unpaired) electrons. The van der Waals surface area contributed by atoms with Crippen molar-refractivity contribution in [3.63, 3.8) is 0 Å². The van der Waals surface area contributed by atoms with Crippen molar-refractivity contribution in [3.8, 4) is 5.75 Å². The fourth-order valence-electron chi connectivity index (χ4n) is 2.97. The molecule has 0 bridgehead atoms. The lowest BCUT2D eigenvalue weighted by Gasteiger charge is -2.22. The maximum Gasteiger partial charge on any atom is 0.264 e. The van der Waals surface area contributed by atoms with Gasteiger partial charge in [0.05, 0.1) is 10.6 Å². The second kappa shape index (κ2) is 10.5. The third-order valence-corrected chi connectivity index (χ3v) is 6.50. The number of pyridine rings is 1. The van der Waals surface area contributed by atoms with Gasteiger partial charge in [-0.05, 0) is 61.4 Å². The fraction of sp³-hybridized carbons (Fsp3) is 0.227. The van der Waals surface area contributed by atoms with Crippen LogP contribution in [-0.2, 0) is 10.0 Å². The quantitative estimate of drug-likeness (QED) is 0.493. The Kier molecular flexibility index (Phi) is 8.24. The fourth-order valence-corrected chi connectivity index (χ4v) is 4.38. The molecule has 0 spiro atoms. The van der Waals surface area contributed by atoms with Gasteiger partial charge < -0.3 is 10.1 Å². The number of rotatable bonds is 8. The van der Waals surface area contributed by atoms with Gasteiger partial charge in [0.1, 0.15) is 18.2 Å². The smallest absolute Gasteiger partial charge is 0.264 e. The predicted molar refractivity (Wildman–Crippen MR) is 123 cm³/mol. The Morgan fingerprint density at radius 1 is 1.06 bits per heavy atom. The number of sulfonamides is 1. The highest BCUT2D eigenvalue weighted by atomic mass is 35.5. The molecule has 0 aliphatic heterocycles. The van der Waals surface area contributed by atoms with Crippen molar-refractivity contribution in [2.24, 2.45) is 0 Å². The third-order valence-electron chi connectivity index (χ3n) is 4.57. The monoisotopic (exact) mass is 465 g/mol. The second-order valence-corrected chi connectivity index (χ2v) is 8.84. The molecule has 0 unspecified atom stereocenters. The van der Waals surface area contributed by atoms with E-state index < -0.39 is 15.8 Å². The minimum atomic E-state index is -3.92. The number of aryl methyl sites for hydroxylation is 2. The van der Waals surface area contributed by atoms with Crippen LogP contribution in [0.5, 0.6) is 5.75 Å². The van der Waals surface area contributed by atoms with E-state index in [1.54, 1.807) is 31.5 Å². The summed E-state index contributed by atoms with van der Waals surface area (Å²) in [7, 11) is -2.47. The first kappa shape index (κ1) is 24.4. The molecule has 0 saturated carbocycles. The molecule has 1 aromatic heterocycles. The van der Waals surface area contributed by atoms with E-state index >= 15 is 0 Å². The number of aromatic nitrogens is 1. The zero-order valence-corrected chi connectivity index (χ0v) is 19.1. The average molecular weight is 466 g/mol. The molecule has 1 heterocycles. The van der Waals surface area contributed by atoms with Gasteiger partial charge in [-0.1, -0.05) is 6.07 Å². The van der Waals surface area contributed by atoms with Crippen molar-refractivity contribution in [1.29, 1.82) is 0 Å². The van der Waals surface area contributed by atoms with Crippen LogP contribution in [0.1, 0.15) is 11.1 Å². The van der Waals surface area contributed by atoms with Crippen LogP contribution in [0.25, 0.3) is 0 Å². The second-order valence-electron chi connectivity index (χ2n) is 6.90. The number of ether oxygens (including phenoxy) is 1.